The molecule has 0 saturated carbocycles. The van der Waals surface area contributed by atoms with E-state index in [2.05, 4.69) is 56.3 Å². The number of unbranched alkanes of at least 4 members (excludes halogenated alkanes) is 5. The molecule has 0 radical (unpaired) electrons. The molecular weight excluding hydrogens is 382 g/mol. The number of aryl methyl sites for hydroxylation is 5. The molecule has 2 aromatic carbocycles. The number of hydrogen-bond acceptors (Lipinski definition) is 3. The molecular formula is C28H43NO2. The summed E-state index contributed by atoms with van der Waals surface area (Å²) in [6.45, 7) is 3.99. The maximum absolute atomic E-state index is 9.54. The van der Waals surface area contributed by atoms with Crippen LogP contribution < -0.4 is 5.73 Å². The van der Waals surface area contributed by atoms with E-state index in [1.54, 1.807) is 0 Å². The van der Waals surface area contributed by atoms with Gasteiger partial charge in [0.1, 0.15) is 0 Å². The Balaban J connectivity index is 2.04. The second kappa shape index (κ2) is 13.7. The molecule has 2 aromatic rings. The Kier molecular flexibility index (Phi) is 11.3. The van der Waals surface area contributed by atoms with E-state index < -0.39 is 5.54 Å². The summed E-state index contributed by atoms with van der Waals surface area (Å²) in [7, 11) is 0. The van der Waals surface area contributed by atoms with E-state index in [9.17, 15) is 10.2 Å². The van der Waals surface area contributed by atoms with Gasteiger partial charge in [-0.05, 0) is 67.7 Å². The average molecular weight is 426 g/mol. The molecule has 31 heavy (non-hydrogen) atoms. The summed E-state index contributed by atoms with van der Waals surface area (Å²) in [5.74, 6) is 0. The van der Waals surface area contributed by atoms with E-state index in [-0.39, 0.29) is 13.2 Å². The molecule has 0 saturated heterocycles. The van der Waals surface area contributed by atoms with Crippen LogP contribution in [0.5, 0.6) is 0 Å². The molecule has 0 aliphatic heterocycles. The second-order valence-electron chi connectivity index (χ2n) is 9.29. The molecule has 3 heteroatoms. The quantitative estimate of drug-likeness (QED) is 0.339. The maximum Gasteiger partial charge on any atom is 0.0633 e. The summed E-state index contributed by atoms with van der Waals surface area (Å²) in [6.07, 6.45) is 12.4. The zero-order chi connectivity index (χ0) is 22.5. The van der Waals surface area contributed by atoms with Crippen molar-refractivity contribution in [1.82, 2.24) is 0 Å². The molecule has 0 amide bonds. The lowest BCUT2D eigenvalue weighted by Gasteiger charge is -2.25. The van der Waals surface area contributed by atoms with Crippen LogP contribution in [0, 0.1) is 6.92 Å². The van der Waals surface area contributed by atoms with Crippen LogP contribution in [0.3, 0.4) is 0 Å². The highest BCUT2D eigenvalue weighted by atomic mass is 16.3. The minimum atomic E-state index is -0.911. The normalized spacial score (nSPS) is 11.8. The van der Waals surface area contributed by atoms with Gasteiger partial charge in [-0.15, -0.1) is 0 Å². The Morgan fingerprint density at radius 1 is 0.710 bits per heavy atom. The molecule has 3 nitrogen and oxygen atoms in total. The second-order valence-corrected chi connectivity index (χ2v) is 9.29. The first-order valence-corrected chi connectivity index (χ1v) is 12.2. The first kappa shape index (κ1) is 25.6. The minimum absolute atomic E-state index is 0.196. The highest BCUT2D eigenvalue weighted by Crippen LogP contribution is 2.21. The fourth-order valence-electron chi connectivity index (χ4n) is 4.05. The van der Waals surface area contributed by atoms with Gasteiger partial charge in [0.15, 0.2) is 0 Å². The van der Waals surface area contributed by atoms with E-state index >= 15 is 0 Å². The first-order valence-electron chi connectivity index (χ1n) is 12.2. The van der Waals surface area contributed by atoms with Gasteiger partial charge in [-0.2, -0.15) is 0 Å². The monoisotopic (exact) mass is 425 g/mol. The fraction of sp³-hybridized carbons (Fsp3) is 0.571. The summed E-state index contributed by atoms with van der Waals surface area (Å²) in [4.78, 5) is 0. The van der Waals surface area contributed by atoms with Crippen molar-refractivity contribution in [3.63, 3.8) is 0 Å². The van der Waals surface area contributed by atoms with Crippen LogP contribution in [0.1, 0.15) is 79.7 Å². The van der Waals surface area contributed by atoms with Crippen LogP contribution in [0.4, 0.5) is 0 Å². The van der Waals surface area contributed by atoms with E-state index in [0.29, 0.717) is 6.42 Å². The Morgan fingerprint density at radius 3 is 2.03 bits per heavy atom. The average Bonchev–Trinajstić information content (AvgIpc) is 2.80. The first-order chi connectivity index (χ1) is 15.0. The molecule has 0 aliphatic rings. The molecule has 4 N–H and O–H groups in total. The van der Waals surface area contributed by atoms with Crippen LogP contribution in [-0.2, 0) is 25.7 Å². The van der Waals surface area contributed by atoms with Crippen molar-refractivity contribution < 1.29 is 10.2 Å². The van der Waals surface area contributed by atoms with Gasteiger partial charge in [0, 0.05) is 0 Å². The molecule has 0 spiro atoms. The van der Waals surface area contributed by atoms with Crippen LogP contribution in [0.15, 0.2) is 42.5 Å². The number of aliphatic hydroxyl groups excluding tert-OH is 2. The largest absolute Gasteiger partial charge is 0.394 e. The van der Waals surface area contributed by atoms with Crippen LogP contribution >= 0.6 is 0 Å². The smallest absolute Gasteiger partial charge is 0.0633 e. The number of aliphatic hydroxyl groups is 2. The van der Waals surface area contributed by atoms with Gasteiger partial charge < -0.3 is 15.9 Å². The lowest BCUT2D eigenvalue weighted by molar-refractivity contribution is 0.115. The predicted octanol–water partition coefficient (Wildman–Crippen LogP) is 5.30. The molecule has 2 rings (SSSR count). The standard InChI is InChI=1S/C28H43NO2/c1-3-4-5-6-7-8-9-25-15-16-26(18-19-28(29,21-30)22-31)27(20-25)17-14-24-12-10-23(2)11-13-24/h10-13,15-16,20,30-31H,3-9,14,17-19,21-22,29H2,1-2H3. The van der Waals surface area contributed by atoms with Gasteiger partial charge in [0.25, 0.3) is 0 Å². The number of nitrogens with two attached hydrogens (primary N) is 1. The molecule has 0 aliphatic carbocycles. The summed E-state index contributed by atoms with van der Waals surface area (Å²) in [5, 5.41) is 19.1. The van der Waals surface area contributed by atoms with Crippen molar-refractivity contribution in [3.8, 4) is 0 Å². The van der Waals surface area contributed by atoms with Crippen LogP contribution in [-0.4, -0.2) is 29.0 Å². The number of rotatable bonds is 15. The van der Waals surface area contributed by atoms with Crippen LogP contribution in [0.2, 0.25) is 0 Å². The predicted molar refractivity (Wildman–Crippen MR) is 132 cm³/mol. The summed E-state index contributed by atoms with van der Waals surface area (Å²) in [5.41, 5.74) is 11.9. The molecule has 0 fully saturated rings. The van der Waals surface area contributed by atoms with Gasteiger partial charge in [-0.3, -0.25) is 0 Å². The zero-order valence-electron chi connectivity index (χ0n) is 19.7. The summed E-state index contributed by atoms with van der Waals surface area (Å²) < 4.78 is 0. The minimum Gasteiger partial charge on any atom is -0.394 e. The molecule has 0 aromatic heterocycles. The third kappa shape index (κ3) is 9.14. The van der Waals surface area contributed by atoms with Crippen molar-refractivity contribution in [1.29, 1.82) is 0 Å². The molecule has 172 valence electrons. The van der Waals surface area contributed by atoms with Gasteiger partial charge in [0.2, 0.25) is 0 Å². The van der Waals surface area contributed by atoms with Crippen molar-refractivity contribution in [2.24, 2.45) is 5.73 Å². The Labute approximate surface area is 189 Å². The van der Waals surface area contributed by atoms with Crippen molar-refractivity contribution in [2.45, 2.75) is 90.0 Å². The number of benzene rings is 2. The van der Waals surface area contributed by atoms with E-state index in [1.807, 2.05) is 0 Å². The molecule has 0 unspecified atom stereocenters. The number of hydrogen-bond donors (Lipinski definition) is 3. The van der Waals surface area contributed by atoms with E-state index in [0.717, 1.165) is 25.7 Å². The topological polar surface area (TPSA) is 66.5 Å². The van der Waals surface area contributed by atoms with Crippen molar-refractivity contribution >= 4 is 0 Å². The van der Waals surface area contributed by atoms with Gasteiger partial charge in [0.05, 0.1) is 18.8 Å². The van der Waals surface area contributed by atoms with Gasteiger partial charge in [-0.25, -0.2) is 0 Å². The lowest BCUT2D eigenvalue weighted by Crippen LogP contribution is -2.47. The Hall–Kier alpha value is -1.68. The van der Waals surface area contributed by atoms with Gasteiger partial charge in [-0.1, -0.05) is 87.1 Å². The van der Waals surface area contributed by atoms with Crippen molar-refractivity contribution in [3.05, 3.63) is 70.3 Å². The SMILES string of the molecule is CCCCCCCCc1ccc(CCC(N)(CO)CO)c(CCc2ccc(C)cc2)c1. The molecule has 0 heterocycles. The zero-order valence-corrected chi connectivity index (χ0v) is 19.7. The highest BCUT2D eigenvalue weighted by molar-refractivity contribution is 5.34. The van der Waals surface area contributed by atoms with Gasteiger partial charge >= 0.3 is 0 Å². The Bertz CT molecular complexity index is 750. The Morgan fingerprint density at radius 2 is 1.35 bits per heavy atom. The fourth-order valence-corrected chi connectivity index (χ4v) is 4.05. The van der Waals surface area contributed by atoms with Crippen LogP contribution in [0.25, 0.3) is 0 Å². The maximum atomic E-state index is 9.54. The van der Waals surface area contributed by atoms with Crippen molar-refractivity contribution in [2.75, 3.05) is 13.2 Å². The summed E-state index contributed by atoms with van der Waals surface area (Å²) in [6, 6.07) is 15.7. The lowest BCUT2D eigenvalue weighted by atomic mass is 9.89. The highest BCUT2D eigenvalue weighted by Gasteiger charge is 2.23. The summed E-state index contributed by atoms with van der Waals surface area (Å²) >= 11 is 0. The van der Waals surface area contributed by atoms with E-state index in [4.69, 9.17) is 5.73 Å². The molecule has 0 bridgehead atoms. The third-order valence-electron chi connectivity index (χ3n) is 6.42. The third-order valence-corrected chi connectivity index (χ3v) is 6.42. The molecule has 0 atom stereocenters. The van der Waals surface area contributed by atoms with E-state index in [1.165, 1.54) is 66.3 Å².